The number of nitrogens with two attached hydrogens (primary N) is 1. The van der Waals surface area contributed by atoms with Crippen LogP contribution >= 0.6 is 23.1 Å². The molecule has 0 amide bonds. The quantitative estimate of drug-likeness (QED) is 0.843. The highest BCUT2D eigenvalue weighted by molar-refractivity contribution is 7.99. The molecular weight excluding hydrogens is 300 g/mol. The first-order chi connectivity index (χ1) is 9.56. The first-order valence-corrected chi connectivity index (χ1v) is 7.65. The Kier molecular flexibility index (Phi) is 4.47. The monoisotopic (exact) mass is 311 g/mol. The summed E-state index contributed by atoms with van der Waals surface area (Å²) in [5.41, 5.74) is 6.49. The van der Waals surface area contributed by atoms with Crippen LogP contribution in [0.2, 0.25) is 0 Å². The average Bonchev–Trinajstić information content (AvgIpc) is 2.75. The first-order valence-electron chi connectivity index (χ1n) is 5.61. The Bertz CT molecular complexity index is 677. The molecule has 0 aliphatic rings. The molecule has 0 bridgehead atoms. The van der Waals surface area contributed by atoms with E-state index in [0.29, 0.717) is 15.6 Å². The van der Waals surface area contributed by atoms with Crippen LogP contribution in [0.15, 0.2) is 23.1 Å². The fraction of sp³-hybridized carbons (Fsp3) is 0.154. The second-order valence-corrected chi connectivity index (χ2v) is 5.75. The number of anilines is 2. The summed E-state index contributed by atoms with van der Waals surface area (Å²) in [5, 5.41) is 12.6. The predicted octanol–water partition coefficient (Wildman–Crippen LogP) is 3.81. The van der Waals surface area contributed by atoms with E-state index in [4.69, 9.17) is 11.0 Å². The lowest BCUT2D eigenvalue weighted by Crippen LogP contribution is -2.02. The van der Waals surface area contributed by atoms with Crippen LogP contribution in [0.5, 0.6) is 0 Å². The molecule has 0 atom stereocenters. The van der Waals surface area contributed by atoms with E-state index in [2.05, 4.69) is 5.32 Å². The molecule has 0 radical (unpaired) electrons. The summed E-state index contributed by atoms with van der Waals surface area (Å²) in [4.78, 5) is 1.17. The number of nitrogen functional groups attached to an aromatic ring is 1. The van der Waals surface area contributed by atoms with Gasteiger partial charge in [0, 0.05) is 12.1 Å². The Hall–Kier alpha value is -1.78. The molecule has 7 heteroatoms. The number of benzene rings is 1. The summed E-state index contributed by atoms with van der Waals surface area (Å²) in [6, 6.07) is 5.32. The van der Waals surface area contributed by atoms with Crippen molar-refractivity contribution < 1.29 is 8.78 Å². The van der Waals surface area contributed by atoms with Crippen LogP contribution in [-0.4, -0.2) is 6.26 Å². The fourth-order valence-corrected chi connectivity index (χ4v) is 3.51. The molecule has 3 N–H and O–H groups in total. The maximum atomic E-state index is 13.5. The van der Waals surface area contributed by atoms with Crippen LogP contribution in [0.4, 0.5) is 19.5 Å². The van der Waals surface area contributed by atoms with Gasteiger partial charge < -0.3 is 11.1 Å². The number of thiophene rings is 1. The molecule has 0 aliphatic carbocycles. The van der Waals surface area contributed by atoms with Gasteiger partial charge in [-0.1, -0.05) is 0 Å². The molecule has 20 heavy (non-hydrogen) atoms. The van der Waals surface area contributed by atoms with E-state index in [9.17, 15) is 8.78 Å². The third-order valence-corrected chi connectivity index (χ3v) is 4.68. The Morgan fingerprint density at radius 2 is 2.20 bits per heavy atom. The number of halogens is 2. The van der Waals surface area contributed by atoms with Gasteiger partial charge in [0.1, 0.15) is 27.6 Å². The highest BCUT2D eigenvalue weighted by atomic mass is 32.2. The van der Waals surface area contributed by atoms with Crippen LogP contribution in [-0.2, 0) is 6.54 Å². The number of nitrogens with one attached hydrogen (secondary N) is 1. The lowest BCUT2D eigenvalue weighted by Gasteiger charge is -2.07. The molecular formula is C13H11F2N3S2. The molecule has 0 fully saturated rings. The molecule has 0 unspecified atom stereocenters. The normalized spacial score (nSPS) is 10.3. The van der Waals surface area contributed by atoms with Gasteiger partial charge in [-0.2, -0.15) is 5.26 Å². The molecule has 3 nitrogen and oxygen atoms in total. The summed E-state index contributed by atoms with van der Waals surface area (Å²) < 4.78 is 26.6. The molecule has 1 aromatic heterocycles. The topological polar surface area (TPSA) is 61.8 Å². The zero-order valence-electron chi connectivity index (χ0n) is 10.5. The van der Waals surface area contributed by atoms with E-state index in [1.54, 1.807) is 0 Å². The van der Waals surface area contributed by atoms with Crippen molar-refractivity contribution in [3.63, 3.8) is 0 Å². The van der Waals surface area contributed by atoms with Crippen molar-refractivity contribution in [1.29, 1.82) is 5.26 Å². The van der Waals surface area contributed by atoms with Crippen LogP contribution in [0.1, 0.15) is 10.4 Å². The van der Waals surface area contributed by atoms with Crippen molar-refractivity contribution in [2.24, 2.45) is 0 Å². The van der Waals surface area contributed by atoms with Crippen molar-refractivity contribution >= 4 is 33.8 Å². The van der Waals surface area contributed by atoms with Crippen LogP contribution in [0.25, 0.3) is 0 Å². The van der Waals surface area contributed by atoms with E-state index in [1.165, 1.54) is 23.1 Å². The van der Waals surface area contributed by atoms with E-state index in [-0.39, 0.29) is 12.1 Å². The van der Waals surface area contributed by atoms with Crippen molar-refractivity contribution in [2.75, 3.05) is 17.3 Å². The Balaban J connectivity index is 2.23. The maximum absolute atomic E-state index is 13.5. The molecule has 0 spiro atoms. The highest BCUT2D eigenvalue weighted by Gasteiger charge is 2.15. The van der Waals surface area contributed by atoms with Gasteiger partial charge in [0.05, 0.1) is 10.6 Å². The number of thioether (sulfide) groups is 1. The highest BCUT2D eigenvalue weighted by Crippen LogP contribution is 2.41. The summed E-state index contributed by atoms with van der Waals surface area (Å²) in [6.45, 7) is 0.127. The second kappa shape index (κ2) is 6.11. The van der Waals surface area contributed by atoms with Gasteiger partial charge in [0.25, 0.3) is 0 Å². The van der Waals surface area contributed by atoms with Gasteiger partial charge in [0.15, 0.2) is 0 Å². The number of nitriles is 1. The van der Waals surface area contributed by atoms with Gasteiger partial charge in [-0.25, -0.2) is 8.78 Å². The number of hydrogen-bond acceptors (Lipinski definition) is 5. The van der Waals surface area contributed by atoms with Crippen molar-refractivity contribution in [1.82, 2.24) is 0 Å². The lowest BCUT2D eigenvalue weighted by atomic mass is 10.2. The van der Waals surface area contributed by atoms with Crippen LogP contribution in [0, 0.1) is 23.0 Å². The fourth-order valence-electron chi connectivity index (χ4n) is 1.69. The molecule has 0 saturated carbocycles. The average molecular weight is 311 g/mol. The maximum Gasteiger partial charge on any atom is 0.131 e. The largest absolute Gasteiger partial charge is 0.396 e. The molecule has 0 aliphatic heterocycles. The third kappa shape index (κ3) is 2.86. The second-order valence-electron chi connectivity index (χ2n) is 3.91. The summed E-state index contributed by atoms with van der Waals surface area (Å²) in [6.07, 6.45) is 1.84. The summed E-state index contributed by atoms with van der Waals surface area (Å²) in [5.74, 6) is -0.966. The number of hydrogen-bond donors (Lipinski definition) is 2. The Morgan fingerprint density at radius 3 is 2.85 bits per heavy atom. The molecule has 2 aromatic rings. The van der Waals surface area contributed by atoms with Gasteiger partial charge >= 0.3 is 0 Å². The smallest absolute Gasteiger partial charge is 0.131 e. The van der Waals surface area contributed by atoms with E-state index in [1.807, 2.05) is 12.3 Å². The van der Waals surface area contributed by atoms with Crippen LogP contribution in [0.3, 0.4) is 0 Å². The zero-order chi connectivity index (χ0) is 14.7. The van der Waals surface area contributed by atoms with Gasteiger partial charge in [-0.3, -0.25) is 0 Å². The minimum atomic E-state index is -0.489. The molecule has 2 rings (SSSR count). The van der Waals surface area contributed by atoms with Crippen molar-refractivity contribution in [3.8, 4) is 6.07 Å². The summed E-state index contributed by atoms with van der Waals surface area (Å²) in [7, 11) is 0. The third-order valence-electron chi connectivity index (χ3n) is 2.65. The predicted molar refractivity (Wildman–Crippen MR) is 78.9 cm³/mol. The SMILES string of the molecule is CSc1c(NCc2cc(F)ccc2F)sc(C#N)c1N. The van der Waals surface area contributed by atoms with E-state index in [0.717, 1.165) is 23.1 Å². The van der Waals surface area contributed by atoms with Gasteiger partial charge in [-0.15, -0.1) is 23.1 Å². The van der Waals surface area contributed by atoms with Gasteiger partial charge in [0.2, 0.25) is 0 Å². The van der Waals surface area contributed by atoms with Gasteiger partial charge in [-0.05, 0) is 24.5 Å². The lowest BCUT2D eigenvalue weighted by molar-refractivity contribution is 0.587. The standard InChI is InChI=1S/C13H11F2N3S2/c1-19-12-11(17)10(5-16)20-13(12)18-6-7-4-8(14)2-3-9(7)15/h2-4,18H,6,17H2,1H3. The first kappa shape index (κ1) is 14.6. The van der Waals surface area contributed by atoms with E-state index < -0.39 is 11.6 Å². The molecule has 1 aromatic carbocycles. The minimum absolute atomic E-state index is 0.127. The van der Waals surface area contributed by atoms with Crippen molar-refractivity contribution in [3.05, 3.63) is 40.3 Å². The zero-order valence-corrected chi connectivity index (χ0v) is 12.2. The van der Waals surface area contributed by atoms with E-state index >= 15 is 0 Å². The number of rotatable bonds is 4. The van der Waals surface area contributed by atoms with Crippen molar-refractivity contribution in [2.45, 2.75) is 11.4 Å². The van der Waals surface area contributed by atoms with Crippen LogP contribution < -0.4 is 11.1 Å². The summed E-state index contributed by atoms with van der Waals surface area (Å²) >= 11 is 2.61. The number of nitrogens with zero attached hydrogens (tertiary/aromatic N) is 1. The Morgan fingerprint density at radius 1 is 1.45 bits per heavy atom. The molecule has 104 valence electrons. The molecule has 0 saturated heterocycles. The minimum Gasteiger partial charge on any atom is -0.396 e. The molecule has 1 heterocycles. The Labute approximate surface area is 123 Å².